The second-order valence-electron chi connectivity index (χ2n) is 3.85. The third-order valence-corrected chi connectivity index (χ3v) is 2.55. The van der Waals surface area contributed by atoms with Gasteiger partial charge in [0.2, 0.25) is 5.88 Å². The Labute approximate surface area is 106 Å². The maximum Gasteiger partial charge on any atom is 0.219 e. The lowest BCUT2D eigenvalue weighted by molar-refractivity contribution is 0.281. The molecule has 0 unspecified atom stereocenters. The van der Waals surface area contributed by atoms with E-state index in [4.69, 9.17) is 14.9 Å². The van der Waals surface area contributed by atoms with Crippen molar-refractivity contribution in [3.8, 4) is 11.6 Å². The summed E-state index contributed by atoms with van der Waals surface area (Å²) < 4.78 is 5.66. The molecule has 2 rings (SSSR count). The maximum absolute atomic E-state index is 8.98. The molecule has 0 saturated heterocycles. The third-order valence-electron chi connectivity index (χ3n) is 2.55. The molecular formula is C14H15NO3. The summed E-state index contributed by atoms with van der Waals surface area (Å²) in [6.07, 6.45) is 2.12. The number of pyridine rings is 1. The minimum atomic E-state index is -0.0334. The number of ether oxygens (including phenoxy) is 1. The standard InChI is InChI=1S/C14H15NO3/c16-8-7-12-3-1-2-4-13(12)18-14-6-5-11(10-17)9-15-14/h1-6,9,16-17H,7-8,10H2. The molecule has 2 N–H and O–H groups in total. The second-order valence-corrected chi connectivity index (χ2v) is 3.85. The van der Waals surface area contributed by atoms with E-state index in [0.717, 1.165) is 11.1 Å². The van der Waals surface area contributed by atoms with Gasteiger partial charge in [0.05, 0.1) is 6.61 Å². The van der Waals surface area contributed by atoms with Gasteiger partial charge in [-0.3, -0.25) is 0 Å². The van der Waals surface area contributed by atoms with Crippen molar-refractivity contribution in [2.45, 2.75) is 13.0 Å². The molecule has 0 spiro atoms. The van der Waals surface area contributed by atoms with Crippen LogP contribution in [0.1, 0.15) is 11.1 Å². The van der Waals surface area contributed by atoms with E-state index in [1.54, 1.807) is 18.3 Å². The summed E-state index contributed by atoms with van der Waals surface area (Å²) in [7, 11) is 0. The number of rotatable bonds is 5. The van der Waals surface area contributed by atoms with Gasteiger partial charge in [-0.05, 0) is 29.7 Å². The Morgan fingerprint density at radius 1 is 1.06 bits per heavy atom. The van der Waals surface area contributed by atoms with Gasteiger partial charge in [0.1, 0.15) is 5.75 Å². The zero-order valence-electron chi connectivity index (χ0n) is 9.91. The Bertz CT molecular complexity index is 497. The first kappa shape index (κ1) is 12.5. The second kappa shape index (κ2) is 6.14. The quantitative estimate of drug-likeness (QED) is 0.844. The SMILES string of the molecule is OCCc1ccccc1Oc1ccc(CO)cn1. The lowest BCUT2D eigenvalue weighted by Gasteiger charge is -2.09. The Morgan fingerprint density at radius 2 is 1.89 bits per heavy atom. The van der Waals surface area contributed by atoms with Crippen LogP contribution in [0.2, 0.25) is 0 Å². The van der Waals surface area contributed by atoms with Gasteiger partial charge in [-0.15, -0.1) is 0 Å². The van der Waals surface area contributed by atoms with Crippen molar-refractivity contribution in [3.63, 3.8) is 0 Å². The molecule has 1 heterocycles. The predicted octanol–water partition coefficient (Wildman–Crippen LogP) is 1.90. The fraction of sp³-hybridized carbons (Fsp3) is 0.214. The highest BCUT2D eigenvalue weighted by molar-refractivity contribution is 5.36. The van der Waals surface area contributed by atoms with E-state index in [1.807, 2.05) is 24.3 Å². The fourth-order valence-electron chi connectivity index (χ4n) is 1.61. The van der Waals surface area contributed by atoms with Crippen LogP contribution in [-0.2, 0) is 13.0 Å². The highest BCUT2D eigenvalue weighted by Gasteiger charge is 2.04. The van der Waals surface area contributed by atoms with Crippen molar-refractivity contribution >= 4 is 0 Å². The molecule has 0 amide bonds. The summed E-state index contributed by atoms with van der Waals surface area (Å²) in [6, 6.07) is 11.0. The van der Waals surface area contributed by atoms with E-state index in [9.17, 15) is 0 Å². The van der Waals surface area contributed by atoms with Crippen LogP contribution in [0.3, 0.4) is 0 Å². The number of aliphatic hydroxyl groups is 2. The summed E-state index contributed by atoms with van der Waals surface area (Å²) in [5.74, 6) is 1.16. The highest BCUT2D eigenvalue weighted by Crippen LogP contribution is 2.24. The molecule has 4 nitrogen and oxygen atoms in total. The Hall–Kier alpha value is -1.91. The number of aliphatic hydroxyl groups excluding tert-OH is 2. The summed E-state index contributed by atoms with van der Waals surface area (Å²) in [4.78, 5) is 4.10. The van der Waals surface area contributed by atoms with E-state index in [0.29, 0.717) is 18.1 Å². The van der Waals surface area contributed by atoms with Crippen LogP contribution in [0.25, 0.3) is 0 Å². The zero-order valence-corrected chi connectivity index (χ0v) is 9.91. The lowest BCUT2D eigenvalue weighted by Crippen LogP contribution is -1.96. The number of benzene rings is 1. The summed E-state index contributed by atoms with van der Waals surface area (Å²) in [6.45, 7) is 0.0473. The van der Waals surface area contributed by atoms with E-state index in [-0.39, 0.29) is 13.2 Å². The first-order chi connectivity index (χ1) is 8.83. The molecule has 1 aromatic carbocycles. The smallest absolute Gasteiger partial charge is 0.219 e. The van der Waals surface area contributed by atoms with Gasteiger partial charge < -0.3 is 14.9 Å². The first-order valence-electron chi connectivity index (χ1n) is 5.76. The topological polar surface area (TPSA) is 62.6 Å². The number of hydrogen-bond donors (Lipinski definition) is 2. The van der Waals surface area contributed by atoms with Crippen molar-refractivity contribution in [2.24, 2.45) is 0 Å². The molecule has 18 heavy (non-hydrogen) atoms. The van der Waals surface area contributed by atoms with Crippen LogP contribution in [0, 0.1) is 0 Å². The highest BCUT2D eigenvalue weighted by atomic mass is 16.5. The van der Waals surface area contributed by atoms with Crippen LogP contribution in [0.4, 0.5) is 0 Å². The molecule has 4 heteroatoms. The molecule has 0 bridgehead atoms. The predicted molar refractivity (Wildman–Crippen MR) is 67.5 cm³/mol. The molecule has 0 aliphatic carbocycles. The fourth-order valence-corrected chi connectivity index (χ4v) is 1.61. The van der Waals surface area contributed by atoms with Gasteiger partial charge in [0, 0.05) is 18.9 Å². The molecule has 0 saturated carbocycles. The van der Waals surface area contributed by atoms with Crippen LogP contribution in [0.15, 0.2) is 42.6 Å². The number of aromatic nitrogens is 1. The normalized spacial score (nSPS) is 10.3. The van der Waals surface area contributed by atoms with Gasteiger partial charge in [0.15, 0.2) is 0 Å². The van der Waals surface area contributed by atoms with E-state index < -0.39 is 0 Å². The van der Waals surface area contributed by atoms with Gasteiger partial charge in [0.25, 0.3) is 0 Å². The lowest BCUT2D eigenvalue weighted by atomic mass is 10.1. The number of para-hydroxylation sites is 1. The van der Waals surface area contributed by atoms with Crippen LogP contribution >= 0.6 is 0 Å². The monoisotopic (exact) mass is 245 g/mol. The average Bonchev–Trinajstić information content (AvgIpc) is 2.42. The maximum atomic E-state index is 8.98. The minimum absolute atomic E-state index is 0.0334. The summed E-state index contributed by atoms with van der Waals surface area (Å²) in [5, 5.41) is 17.9. The van der Waals surface area contributed by atoms with Gasteiger partial charge >= 0.3 is 0 Å². The molecular weight excluding hydrogens is 230 g/mol. The third kappa shape index (κ3) is 3.06. The van der Waals surface area contributed by atoms with Crippen molar-refractivity contribution in [1.29, 1.82) is 0 Å². The van der Waals surface area contributed by atoms with Gasteiger partial charge in [-0.2, -0.15) is 0 Å². The molecule has 0 atom stereocenters. The number of hydrogen-bond acceptors (Lipinski definition) is 4. The van der Waals surface area contributed by atoms with Gasteiger partial charge in [-0.25, -0.2) is 4.98 Å². The molecule has 0 aliphatic rings. The molecule has 0 radical (unpaired) electrons. The van der Waals surface area contributed by atoms with Gasteiger partial charge in [-0.1, -0.05) is 18.2 Å². The average molecular weight is 245 g/mol. The molecule has 0 fully saturated rings. The number of nitrogens with zero attached hydrogens (tertiary/aromatic N) is 1. The van der Waals surface area contributed by atoms with Crippen molar-refractivity contribution < 1.29 is 14.9 Å². The van der Waals surface area contributed by atoms with Crippen LogP contribution < -0.4 is 4.74 Å². The van der Waals surface area contributed by atoms with Crippen molar-refractivity contribution in [2.75, 3.05) is 6.61 Å². The zero-order chi connectivity index (χ0) is 12.8. The van der Waals surface area contributed by atoms with E-state index >= 15 is 0 Å². The van der Waals surface area contributed by atoms with Crippen LogP contribution in [0.5, 0.6) is 11.6 Å². The van der Waals surface area contributed by atoms with E-state index in [1.165, 1.54) is 0 Å². The molecule has 2 aromatic rings. The largest absolute Gasteiger partial charge is 0.439 e. The molecule has 0 aliphatic heterocycles. The van der Waals surface area contributed by atoms with Crippen molar-refractivity contribution in [1.82, 2.24) is 4.98 Å². The minimum Gasteiger partial charge on any atom is -0.439 e. The Balaban J connectivity index is 2.17. The molecule has 1 aromatic heterocycles. The Kier molecular flexibility index (Phi) is 4.28. The summed E-state index contributed by atoms with van der Waals surface area (Å²) in [5.41, 5.74) is 1.68. The molecule has 94 valence electrons. The van der Waals surface area contributed by atoms with Crippen LogP contribution in [-0.4, -0.2) is 21.8 Å². The van der Waals surface area contributed by atoms with Crippen molar-refractivity contribution in [3.05, 3.63) is 53.7 Å². The first-order valence-corrected chi connectivity index (χ1v) is 5.76. The Morgan fingerprint density at radius 3 is 2.56 bits per heavy atom. The summed E-state index contributed by atoms with van der Waals surface area (Å²) >= 11 is 0. The van der Waals surface area contributed by atoms with E-state index in [2.05, 4.69) is 4.98 Å².